The molecule has 1 unspecified atom stereocenters. The summed E-state index contributed by atoms with van der Waals surface area (Å²) >= 11 is 0. The zero-order valence-electron chi connectivity index (χ0n) is 10.6. The molecule has 0 amide bonds. The molecular formula is C14H18FNO2. The summed E-state index contributed by atoms with van der Waals surface area (Å²) in [5, 5.41) is 0. The maximum absolute atomic E-state index is 13.0. The average Bonchev–Trinajstić information content (AvgIpc) is 2.53. The van der Waals surface area contributed by atoms with Crippen molar-refractivity contribution >= 4 is 5.78 Å². The minimum atomic E-state index is -0.367. The van der Waals surface area contributed by atoms with Gasteiger partial charge in [0.25, 0.3) is 0 Å². The molecule has 1 aliphatic heterocycles. The third-order valence-electron chi connectivity index (χ3n) is 3.05. The van der Waals surface area contributed by atoms with Gasteiger partial charge in [-0.3, -0.25) is 9.69 Å². The maximum atomic E-state index is 13.0. The Morgan fingerprint density at radius 1 is 1.56 bits per heavy atom. The van der Waals surface area contributed by atoms with Gasteiger partial charge in [-0.1, -0.05) is 12.1 Å². The van der Waals surface area contributed by atoms with Crippen LogP contribution in [0.1, 0.15) is 23.7 Å². The molecule has 4 heteroatoms. The van der Waals surface area contributed by atoms with Gasteiger partial charge in [0.15, 0.2) is 5.78 Å². The number of ketones is 1. The summed E-state index contributed by atoms with van der Waals surface area (Å²) in [5.74, 6) is -0.406. The van der Waals surface area contributed by atoms with E-state index in [1.54, 1.807) is 12.1 Å². The highest BCUT2D eigenvalue weighted by Gasteiger charge is 2.18. The molecule has 18 heavy (non-hydrogen) atoms. The van der Waals surface area contributed by atoms with E-state index >= 15 is 0 Å². The van der Waals surface area contributed by atoms with E-state index in [0.717, 1.165) is 26.1 Å². The molecule has 0 bridgehead atoms. The number of rotatable bonds is 3. The topological polar surface area (TPSA) is 29.5 Å². The van der Waals surface area contributed by atoms with E-state index < -0.39 is 0 Å². The lowest BCUT2D eigenvalue weighted by Crippen LogP contribution is -2.34. The van der Waals surface area contributed by atoms with Gasteiger partial charge in [-0.25, -0.2) is 4.39 Å². The van der Waals surface area contributed by atoms with Gasteiger partial charge in [0, 0.05) is 25.3 Å². The molecule has 1 aliphatic rings. The van der Waals surface area contributed by atoms with Crippen molar-refractivity contribution in [3.63, 3.8) is 0 Å². The summed E-state index contributed by atoms with van der Waals surface area (Å²) in [6, 6.07) is 5.86. The van der Waals surface area contributed by atoms with Crippen molar-refractivity contribution in [2.24, 2.45) is 0 Å². The third kappa shape index (κ3) is 3.62. The van der Waals surface area contributed by atoms with Crippen LogP contribution in [0, 0.1) is 5.82 Å². The number of ether oxygens (including phenoxy) is 1. The van der Waals surface area contributed by atoms with E-state index in [9.17, 15) is 9.18 Å². The molecule has 1 heterocycles. The molecule has 0 N–H and O–H groups in total. The van der Waals surface area contributed by atoms with Crippen LogP contribution in [0.2, 0.25) is 0 Å². The maximum Gasteiger partial charge on any atom is 0.176 e. The van der Waals surface area contributed by atoms with Crippen LogP contribution in [0.15, 0.2) is 24.3 Å². The Kier molecular flexibility index (Phi) is 4.44. The molecule has 1 aromatic carbocycles. The molecule has 2 rings (SSSR count). The second-order valence-corrected chi connectivity index (χ2v) is 4.70. The van der Waals surface area contributed by atoms with Crippen LogP contribution >= 0.6 is 0 Å². The Labute approximate surface area is 107 Å². The zero-order valence-corrected chi connectivity index (χ0v) is 10.6. The van der Waals surface area contributed by atoms with Crippen molar-refractivity contribution in [2.75, 3.05) is 26.2 Å². The van der Waals surface area contributed by atoms with Crippen LogP contribution in [-0.2, 0) is 4.74 Å². The third-order valence-corrected chi connectivity index (χ3v) is 3.05. The molecule has 3 nitrogen and oxygen atoms in total. The highest BCUT2D eigenvalue weighted by molar-refractivity contribution is 5.97. The first-order valence-corrected chi connectivity index (χ1v) is 6.28. The standard InChI is InChI=1S/C14H18FNO2/c1-11-9-16(6-3-7-18-11)10-14(17)12-4-2-5-13(15)8-12/h2,4-5,8,11H,3,6-7,9-10H2,1H3. The van der Waals surface area contributed by atoms with Crippen molar-refractivity contribution in [2.45, 2.75) is 19.4 Å². The number of carbonyl (C=O) groups excluding carboxylic acids is 1. The van der Waals surface area contributed by atoms with Crippen molar-refractivity contribution < 1.29 is 13.9 Å². The second-order valence-electron chi connectivity index (χ2n) is 4.70. The fraction of sp³-hybridized carbons (Fsp3) is 0.500. The fourth-order valence-corrected chi connectivity index (χ4v) is 2.18. The molecule has 1 atom stereocenters. The van der Waals surface area contributed by atoms with Crippen LogP contribution in [0.25, 0.3) is 0 Å². The summed E-state index contributed by atoms with van der Waals surface area (Å²) in [5.41, 5.74) is 0.438. The van der Waals surface area contributed by atoms with E-state index in [1.165, 1.54) is 12.1 Å². The van der Waals surface area contributed by atoms with Crippen LogP contribution in [0.4, 0.5) is 4.39 Å². The average molecular weight is 251 g/mol. The van der Waals surface area contributed by atoms with Gasteiger partial charge in [0.05, 0.1) is 12.6 Å². The number of Topliss-reactive ketones (excluding diaryl/α,β-unsaturated/α-hetero) is 1. The number of carbonyl (C=O) groups is 1. The Morgan fingerprint density at radius 2 is 2.39 bits per heavy atom. The van der Waals surface area contributed by atoms with Gasteiger partial charge in [0.1, 0.15) is 5.82 Å². The van der Waals surface area contributed by atoms with Gasteiger partial charge in [-0.2, -0.15) is 0 Å². The summed E-state index contributed by atoms with van der Waals surface area (Å²) < 4.78 is 18.6. The number of nitrogens with zero attached hydrogens (tertiary/aromatic N) is 1. The smallest absolute Gasteiger partial charge is 0.176 e. The lowest BCUT2D eigenvalue weighted by molar-refractivity contribution is 0.0657. The van der Waals surface area contributed by atoms with E-state index in [4.69, 9.17) is 4.74 Å². The highest BCUT2D eigenvalue weighted by atomic mass is 19.1. The Hall–Kier alpha value is -1.26. The monoisotopic (exact) mass is 251 g/mol. The predicted octanol–water partition coefficient (Wildman–Crippen LogP) is 2.12. The molecule has 1 fully saturated rings. The molecule has 0 aliphatic carbocycles. The number of benzene rings is 1. The van der Waals surface area contributed by atoms with Gasteiger partial charge < -0.3 is 4.74 Å². The normalized spacial score (nSPS) is 21.6. The van der Waals surface area contributed by atoms with Crippen molar-refractivity contribution in [3.8, 4) is 0 Å². The minimum absolute atomic E-state index is 0.0383. The van der Waals surface area contributed by atoms with E-state index in [1.807, 2.05) is 6.92 Å². The van der Waals surface area contributed by atoms with Crippen LogP contribution in [0.3, 0.4) is 0 Å². The first kappa shape index (κ1) is 13.2. The van der Waals surface area contributed by atoms with E-state index in [0.29, 0.717) is 12.1 Å². The molecule has 1 saturated heterocycles. The second kappa shape index (κ2) is 6.07. The molecule has 98 valence electrons. The predicted molar refractivity (Wildman–Crippen MR) is 67.2 cm³/mol. The lowest BCUT2D eigenvalue weighted by atomic mass is 10.1. The zero-order chi connectivity index (χ0) is 13.0. The summed E-state index contributed by atoms with van der Waals surface area (Å²) in [7, 11) is 0. The first-order chi connectivity index (χ1) is 8.65. The first-order valence-electron chi connectivity index (χ1n) is 6.28. The van der Waals surface area contributed by atoms with Gasteiger partial charge in [-0.05, 0) is 25.5 Å². The molecule has 0 aromatic heterocycles. The summed E-state index contributed by atoms with van der Waals surface area (Å²) in [6.45, 7) is 4.68. The molecular weight excluding hydrogens is 233 g/mol. The van der Waals surface area contributed by atoms with Crippen LogP contribution in [0.5, 0.6) is 0 Å². The van der Waals surface area contributed by atoms with Crippen molar-refractivity contribution in [3.05, 3.63) is 35.6 Å². The van der Waals surface area contributed by atoms with Crippen molar-refractivity contribution in [1.29, 1.82) is 0 Å². The minimum Gasteiger partial charge on any atom is -0.377 e. The quantitative estimate of drug-likeness (QED) is 0.771. The van der Waals surface area contributed by atoms with Crippen LogP contribution in [-0.4, -0.2) is 43.0 Å². The van der Waals surface area contributed by atoms with E-state index in [-0.39, 0.29) is 17.7 Å². The Morgan fingerprint density at radius 3 is 3.17 bits per heavy atom. The largest absolute Gasteiger partial charge is 0.377 e. The Balaban J connectivity index is 1.98. The lowest BCUT2D eigenvalue weighted by Gasteiger charge is -2.20. The summed E-state index contributed by atoms with van der Waals surface area (Å²) in [6.07, 6.45) is 1.08. The van der Waals surface area contributed by atoms with Gasteiger partial charge >= 0.3 is 0 Å². The summed E-state index contributed by atoms with van der Waals surface area (Å²) in [4.78, 5) is 14.1. The van der Waals surface area contributed by atoms with E-state index in [2.05, 4.69) is 4.90 Å². The molecule has 0 saturated carbocycles. The molecule has 1 aromatic rings. The van der Waals surface area contributed by atoms with Crippen LogP contribution < -0.4 is 0 Å². The number of hydrogen-bond donors (Lipinski definition) is 0. The van der Waals surface area contributed by atoms with Gasteiger partial charge in [-0.15, -0.1) is 0 Å². The SMILES string of the molecule is CC1CN(CC(=O)c2cccc(F)c2)CCCO1. The number of halogens is 1. The fourth-order valence-electron chi connectivity index (χ4n) is 2.18. The highest BCUT2D eigenvalue weighted by Crippen LogP contribution is 2.09. The molecule has 0 spiro atoms. The van der Waals surface area contributed by atoms with Gasteiger partial charge in [0.2, 0.25) is 0 Å². The Bertz CT molecular complexity index is 422. The molecule has 0 radical (unpaired) electrons. The number of hydrogen-bond acceptors (Lipinski definition) is 3. The van der Waals surface area contributed by atoms with Crippen molar-refractivity contribution in [1.82, 2.24) is 4.90 Å².